The first kappa shape index (κ1) is 33.0. The first-order valence-electron chi connectivity index (χ1n) is 16.5. The standard InChI is InChI=1S/C33H40F5N7O3/c1-5-19-12-45-22(11-40-19)18(4)48-30-23-28(26(35)27(41-30)20-10-21(39)25(34)17(3)24(20)33(36,37)38)42-31(43-29(23)45)47-15-32(6-7-32)14-44-8-9-46-13-16(44)2/h10,16,18-19,22,40H,5-9,11-15,39H2,1-4H3/t16-,18+,19-,22+/m1/s1. The van der Waals surface area contributed by atoms with E-state index in [4.69, 9.17) is 24.9 Å². The van der Waals surface area contributed by atoms with Crippen LogP contribution in [0, 0.1) is 24.0 Å². The minimum Gasteiger partial charge on any atom is -0.472 e. The van der Waals surface area contributed by atoms with E-state index in [9.17, 15) is 17.6 Å². The maximum Gasteiger partial charge on any atom is 0.417 e. The molecule has 2 aromatic heterocycles. The number of aromatic nitrogens is 3. The van der Waals surface area contributed by atoms with Gasteiger partial charge in [0, 0.05) is 49.2 Å². The zero-order valence-electron chi connectivity index (χ0n) is 27.4. The molecule has 1 aliphatic carbocycles. The summed E-state index contributed by atoms with van der Waals surface area (Å²) in [7, 11) is 0. The second-order valence-corrected chi connectivity index (χ2v) is 13.7. The van der Waals surface area contributed by atoms with Gasteiger partial charge in [0.25, 0.3) is 0 Å². The van der Waals surface area contributed by atoms with Crippen molar-refractivity contribution in [3.63, 3.8) is 0 Å². The first-order valence-corrected chi connectivity index (χ1v) is 16.5. The Morgan fingerprint density at radius 2 is 1.92 bits per heavy atom. The summed E-state index contributed by atoms with van der Waals surface area (Å²) in [4.78, 5) is 18.0. The molecular formula is C33H40F5N7O3. The van der Waals surface area contributed by atoms with Gasteiger partial charge in [-0.05, 0) is 51.7 Å². The highest BCUT2D eigenvalue weighted by Gasteiger charge is 2.47. The Kier molecular flexibility index (Phi) is 8.30. The molecule has 3 fully saturated rings. The summed E-state index contributed by atoms with van der Waals surface area (Å²) < 4.78 is 92.9. The van der Waals surface area contributed by atoms with E-state index in [0.717, 1.165) is 45.3 Å². The molecule has 4 atom stereocenters. The van der Waals surface area contributed by atoms with Gasteiger partial charge in [0.1, 0.15) is 34.3 Å². The molecule has 3 aliphatic heterocycles. The number of nitrogens with zero attached hydrogens (tertiary/aromatic N) is 5. The summed E-state index contributed by atoms with van der Waals surface area (Å²) in [6.45, 7) is 11.2. The van der Waals surface area contributed by atoms with Gasteiger partial charge in [-0.15, -0.1) is 0 Å². The number of hydrogen-bond donors (Lipinski definition) is 2. The van der Waals surface area contributed by atoms with Crippen LogP contribution in [-0.2, 0) is 10.9 Å². The van der Waals surface area contributed by atoms with Crippen molar-refractivity contribution in [1.29, 1.82) is 0 Å². The number of nitrogens with two attached hydrogens (primary N) is 1. The Balaban J connectivity index is 1.37. The summed E-state index contributed by atoms with van der Waals surface area (Å²) in [5.74, 6) is -2.15. The van der Waals surface area contributed by atoms with Crippen LogP contribution in [0.3, 0.4) is 0 Å². The van der Waals surface area contributed by atoms with Crippen LogP contribution in [0.4, 0.5) is 33.5 Å². The van der Waals surface area contributed by atoms with E-state index in [2.05, 4.69) is 34.0 Å². The molecule has 0 spiro atoms. The van der Waals surface area contributed by atoms with Crippen LogP contribution in [0.1, 0.15) is 51.2 Å². The van der Waals surface area contributed by atoms with Crippen molar-refractivity contribution in [2.24, 2.45) is 5.41 Å². The lowest BCUT2D eigenvalue weighted by Gasteiger charge is -2.42. The van der Waals surface area contributed by atoms with Crippen LogP contribution in [0.2, 0.25) is 0 Å². The Labute approximate surface area is 275 Å². The molecule has 2 saturated heterocycles. The minimum atomic E-state index is -5.04. The van der Waals surface area contributed by atoms with Crippen LogP contribution in [-0.4, -0.2) is 90.1 Å². The molecular weight excluding hydrogens is 637 g/mol. The normalized spacial score (nSPS) is 25.4. The predicted octanol–water partition coefficient (Wildman–Crippen LogP) is 5.10. The minimum absolute atomic E-state index is 0.0912. The maximum absolute atomic E-state index is 16.8. The third-order valence-corrected chi connectivity index (χ3v) is 10.3. The molecule has 7 rings (SSSR count). The van der Waals surface area contributed by atoms with E-state index in [0.29, 0.717) is 32.1 Å². The molecule has 0 bridgehead atoms. The Morgan fingerprint density at radius 3 is 2.60 bits per heavy atom. The van der Waals surface area contributed by atoms with Gasteiger partial charge in [0.15, 0.2) is 5.82 Å². The lowest BCUT2D eigenvalue weighted by atomic mass is 9.96. The molecule has 1 saturated carbocycles. The number of morpholine rings is 1. The third kappa shape index (κ3) is 5.76. The molecule has 3 N–H and O–H groups in total. The number of alkyl halides is 3. The largest absolute Gasteiger partial charge is 0.472 e. The zero-order valence-corrected chi connectivity index (χ0v) is 27.4. The number of anilines is 2. The van der Waals surface area contributed by atoms with Crippen molar-refractivity contribution >= 4 is 22.4 Å². The number of rotatable bonds is 7. The van der Waals surface area contributed by atoms with Crippen LogP contribution < -0.4 is 25.4 Å². The molecule has 10 nitrogen and oxygen atoms in total. The number of nitrogen functional groups attached to an aromatic ring is 1. The number of fused-ring (bicyclic) bond motifs is 2. The number of halogens is 5. The number of benzene rings is 1. The molecule has 5 heterocycles. The number of ether oxygens (including phenoxy) is 3. The maximum atomic E-state index is 16.8. The smallest absolute Gasteiger partial charge is 0.417 e. The summed E-state index contributed by atoms with van der Waals surface area (Å²) in [5.41, 5.74) is 1.25. The summed E-state index contributed by atoms with van der Waals surface area (Å²) in [6.07, 6.45) is -2.85. The van der Waals surface area contributed by atoms with Crippen LogP contribution in [0.15, 0.2) is 6.07 Å². The number of piperazine rings is 1. The van der Waals surface area contributed by atoms with Gasteiger partial charge in [0.05, 0.1) is 37.1 Å². The van der Waals surface area contributed by atoms with Crippen LogP contribution >= 0.6 is 0 Å². The van der Waals surface area contributed by atoms with E-state index in [1.54, 1.807) is 0 Å². The number of hydrogen-bond acceptors (Lipinski definition) is 10. The van der Waals surface area contributed by atoms with Gasteiger partial charge in [-0.25, -0.2) is 13.8 Å². The van der Waals surface area contributed by atoms with Crippen molar-refractivity contribution in [2.75, 3.05) is 56.6 Å². The lowest BCUT2D eigenvalue weighted by Crippen LogP contribution is -2.60. The average molecular weight is 678 g/mol. The topological polar surface area (TPSA) is 111 Å². The van der Waals surface area contributed by atoms with Gasteiger partial charge in [-0.1, -0.05) is 6.92 Å². The number of pyridine rings is 1. The van der Waals surface area contributed by atoms with E-state index in [1.165, 1.54) is 0 Å². The summed E-state index contributed by atoms with van der Waals surface area (Å²) in [6, 6.07) is 0.782. The Morgan fingerprint density at radius 1 is 1.15 bits per heavy atom. The Hall–Kier alpha value is -3.56. The SMILES string of the molecule is CC[C@@H]1CN2c3nc(OCC4(CN5CCOC[C@H]5C)CC4)nc4c(F)c(-c5cc(N)c(F)c(C)c5C(F)(F)F)nc(c34)O[C@@H](C)[C@@H]2CN1. The molecule has 0 amide bonds. The number of nitrogens with one attached hydrogen (secondary N) is 1. The van der Waals surface area contributed by atoms with E-state index in [-0.39, 0.29) is 52.9 Å². The predicted molar refractivity (Wildman–Crippen MR) is 169 cm³/mol. The van der Waals surface area contributed by atoms with Gasteiger partial charge in [0.2, 0.25) is 5.88 Å². The van der Waals surface area contributed by atoms with Crippen LogP contribution in [0.5, 0.6) is 11.9 Å². The molecule has 0 radical (unpaired) electrons. The van der Waals surface area contributed by atoms with Crippen molar-refractivity contribution in [3.05, 3.63) is 28.8 Å². The van der Waals surface area contributed by atoms with Gasteiger partial charge < -0.3 is 30.2 Å². The second kappa shape index (κ2) is 12.1. The fraction of sp³-hybridized carbons (Fsp3) is 0.606. The molecule has 260 valence electrons. The van der Waals surface area contributed by atoms with Crippen molar-refractivity contribution in [3.8, 4) is 23.1 Å². The van der Waals surface area contributed by atoms with E-state index < -0.39 is 52.0 Å². The van der Waals surface area contributed by atoms with Crippen LogP contribution in [0.25, 0.3) is 22.2 Å². The molecule has 0 unspecified atom stereocenters. The van der Waals surface area contributed by atoms with E-state index in [1.807, 2.05) is 11.8 Å². The first-order chi connectivity index (χ1) is 22.8. The van der Waals surface area contributed by atoms with Crippen molar-refractivity contribution < 1.29 is 36.2 Å². The van der Waals surface area contributed by atoms with Crippen molar-refractivity contribution in [2.45, 2.75) is 77.4 Å². The molecule has 15 heteroatoms. The molecule has 1 aromatic carbocycles. The monoisotopic (exact) mass is 677 g/mol. The average Bonchev–Trinajstić information content (AvgIpc) is 3.84. The van der Waals surface area contributed by atoms with Gasteiger partial charge in [-0.3, -0.25) is 4.90 Å². The third-order valence-electron chi connectivity index (χ3n) is 10.3. The highest BCUT2D eigenvalue weighted by atomic mass is 19.4. The zero-order chi connectivity index (χ0) is 34.1. The quantitative estimate of drug-likeness (QED) is 0.259. The highest BCUT2D eigenvalue weighted by molar-refractivity contribution is 5.97. The summed E-state index contributed by atoms with van der Waals surface area (Å²) >= 11 is 0. The van der Waals surface area contributed by atoms with Gasteiger partial charge >= 0.3 is 12.2 Å². The molecule has 4 aliphatic rings. The van der Waals surface area contributed by atoms with Gasteiger partial charge in [-0.2, -0.15) is 23.1 Å². The molecule has 3 aromatic rings. The van der Waals surface area contributed by atoms with E-state index >= 15 is 4.39 Å². The fourth-order valence-corrected chi connectivity index (χ4v) is 7.21. The summed E-state index contributed by atoms with van der Waals surface area (Å²) in [5, 5.41) is 3.64. The second-order valence-electron chi connectivity index (χ2n) is 13.7. The lowest BCUT2D eigenvalue weighted by molar-refractivity contribution is -0.137. The molecule has 48 heavy (non-hydrogen) atoms. The highest BCUT2D eigenvalue weighted by Crippen LogP contribution is 2.48. The fourth-order valence-electron chi connectivity index (χ4n) is 7.21. The van der Waals surface area contributed by atoms with Crippen molar-refractivity contribution in [1.82, 2.24) is 25.2 Å². The Bertz CT molecular complexity index is 1740.